The van der Waals surface area contributed by atoms with Gasteiger partial charge in [-0.25, -0.2) is 0 Å². The van der Waals surface area contributed by atoms with Gasteiger partial charge in [-0.1, -0.05) is 27.2 Å². The summed E-state index contributed by atoms with van der Waals surface area (Å²) in [7, 11) is 2.21. The summed E-state index contributed by atoms with van der Waals surface area (Å²) < 4.78 is 0. The SMILES string of the molecule is CCCC(C)[C@@H](C)N(C)CC. The second-order valence-corrected chi connectivity index (χ2v) is 3.58. The summed E-state index contributed by atoms with van der Waals surface area (Å²) in [6.45, 7) is 10.3. The summed E-state index contributed by atoms with van der Waals surface area (Å²) in [4.78, 5) is 2.42. The van der Waals surface area contributed by atoms with Crippen molar-refractivity contribution in [3.63, 3.8) is 0 Å². The predicted octanol–water partition coefficient (Wildman–Crippen LogP) is 2.76. The monoisotopic (exact) mass is 157 g/mol. The smallest absolute Gasteiger partial charge is 0.00893 e. The molecule has 11 heavy (non-hydrogen) atoms. The second-order valence-electron chi connectivity index (χ2n) is 3.58. The maximum absolute atomic E-state index is 2.42. The third kappa shape index (κ3) is 3.76. The van der Waals surface area contributed by atoms with Crippen molar-refractivity contribution in [2.45, 2.75) is 46.6 Å². The first-order valence-corrected chi connectivity index (χ1v) is 4.83. The lowest BCUT2D eigenvalue weighted by atomic mass is 9.97. The van der Waals surface area contributed by atoms with Gasteiger partial charge in [0.25, 0.3) is 0 Å². The largest absolute Gasteiger partial charge is 0.304 e. The van der Waals surface area contributed by atoms with Crippen LogP contribution >= 0.6 is 0 Å². The minimum atomic E-state index is 0.736. The Kier molecular flexibility index (Phi) is 5.57. The molecular formula is C10H23N. The van der Waals surface area contributed by atoms with E-state index in [4.69, 9.17) is 0 Å². The molecule has 2 atom stereocenters. The summed E-state index contributed by atoms with van der Waals surface area (Å²) in [6.07, 6.45) is 2.66. The molecule has 0 bridgehead atoms. The minimum absolute atomic E-state index is 0.736. The van der Waals surface area contributed by atoms with Gasteiger partial charge >= 0.3 is 0 Å². The molecule has 0 amide bonds. The van der Waals surface area contributed by atoms with Crippen molar-refractivity contribution in [2.24, 2.45) is 5.92 Å². The first-order chi connectivity index (χ1) is 5.13. The molecule has 0 aliphatic heterocycles. The van der Waals surface area contributed by atoms with Crippen molar-refractivity contribution in [2.75, 3.05) is 13.6 Å². The minimum Gasteiger partial charge on any atom is -0.304 e. The Morgan fingerprint density at radius 2 is 1.73 bits per heavy atom. The number of hydrogen-bond acceptors (Lipinski definition) is 1. The molecule has 0 radical (unpaired) electrons. The van der Waals surface area contributed by atoms with Gasteiger partial charge < -0.3 is 4.90 Å². The van der Waals surface area contributed by atoms with E-state index in [9.17, 15) is 0 Å². The van der Waals surface area contributed by atoms with Crippen LogP contribution in [0.25, 0.3) is 0 Å². The fourth-order valence-corrected chi connectivity index (χ4v) is 1.42. The number of hydrogen-bond donors (Lipinski definition) is 0. The maximum atomic E-state index is 2.42. The van der Waals surface area contributed by atoms with Gasteiger partial charge in [-0.15, -0.1) is 0 Å². The highest BCUT2D eigenvalue weighted by Crippen LogP contribution is 2.14. The molecule has 0 aliphatic rings. The van der Waals surface area contributed by atoms with Crippen LogP contribution in [0.3, 0.4) is 0 Å². The van der Waals surface area contributed by atoms with E-state index < -0.39 is 0 Å². The van der Waals surface area contributed by atoms with Crippen LogP contribution in [0.1, 0.15) is 40.5 Å². The first-order valence-electron chi connectivity index (χ1n) is 4.83. The van der Waals surface area contributed by atoms with Gasteiger partial charge in [0.2, 0.25) is 0 Å². The Morgan fingerprint density at radius 1 is 1.18 bits per heavy atom. The van der Waals surface area contributed by atoms with Crippen molar-refractivity contribution in [1.29, 1.82) is 0 Å². The van der Waals surface area contributed by atoms with Crippen molar-refractivity contribution in [3.05, 3.63) is 0 Å². The summed E-state index contributed by atoms with van der Waals surface area (Å²) in [5.74, 6) is 0.838. The molecule has 0 heterocycles. The Bertz CT molecular complexity index is 90.9. The van der Waals surface area contributed by atoms with Gasteiger partial charge in [0.1, 0.15) is 0 Å². The van der Waals surface area contributed by atoms with Gasteiger partial charge in [-0.3, -0.25) is 0 Å². The summed E-state index contributed by atoms with van der Waals surface area (Å²) in [6, 6.07) is 0.736. The second kappa shape index (κ2) is 5.59. The normalized spacial score (nSPS) is 16.9. The van der Waals surface area contributed by atoms with Gasteiger partial charge in [-0.2, -0.15) is 0 Å². The van der Waals surface area contributed by atoms with Gasteiger partial charge in [-0.05, 0) is 32.9 Å². The van der Waals surface area contributed by atoms with Crippen LogP contribution in [-0.4, -0.2) is 24.5 Å². The molecule has 1 unspecified atom stereocenters. The van der Waals surface area contributed by atoms with Crippen LogP contribution < -0.4 is 0 Å². The van der Waals surface area contributed by atoms with Crippen molar-refractivity contribution in [3.8, 4) is 0 Å². The van der Waals surface area contributed by atoms with Crippen LogP contribution in [-0.2, 0) is 0 Å². The summed E-state index contributed by atoms with van der Waals surface area (Å²) >= 11 is 0. The summed E-state index contributed by atoms with van der Waals surface area (Å²) in [5.41, 5.74) is 0. The van der Waals surface area contributed by atoms with Gasteiger partial charge in [0, 0.05) is 6.04 Å². The number of nitrogens with zero attached hydrogens (tertiary/aromatic N) is 1. The predicted molar refractivity (Wildman–Crippen MR) is 51.8 cm³/mol. The van der Waals surface area contributed by atoms with Crippen LogP contribution in [0.4, 0.5) is 0 Å². The summed E-state index contributed by atoms with van der Waals surface area (Å²) in [5, 5.41) is 0. The molecule has 0 aromatic heterocycles. The Hall–Kier alpha value is -0.0400. The topological polar surface area (TPSA) is 3.24 Å². The highest BCUT2D eigenvalue weighted by Gasteiger charge is 2.13. The van der Waals surface area contributed by atoms with Gasteiger partial charge in [0.15, 0.2) is 0 Å². The van der Waals surface area contributed by atoms with E-state index in [1.54, 1.807) is 0 Å². The van der Waals surface area contributed by atoms with E-state index in [2.05, 4.69) is 39.6 Å². The lowest BCUT2D eigenvalue weighted by Crippen LogP contribution is -2.34. The van der Waals surface area contributed by atoms with E-state index in [1.165, 1.54) is 12.8 Å². The van der Waals surface area contributed by atoms with Crippen LogP contribution in [0.2, 0.25) is 0 Å². The molecule has 0 spiro atoms. The fourth-order valence-electron chi connectivity index (χ4n) is 1.42. The number of rotatable bonds is 5. The molecule has 0 aromatic carbocycles. The average Bonchev–Trinajstić information content (AvgIpc) is 2.02. The molecule has 0 saturated heterocycles. The molecular weight excluding hydrogens is 134 g/mol. The van der Waals surface area contributed by atoms with E-state index in [1.807, 2.05) is 0 Å². The molecule has 0 N–H and O–H groups in total. The van der Waals surface area contributed by atoms with Crippen LogP contribution in [0, 0.1) is 5.92 Å². The standard InChI is InChI=1S/C10H23N/c1-6-8-9(3)10(4)11(5)7-2/h9-10H,6-8H2,1-5H3/t9?,10-/m1/s1. The highest BCUT2D eigenvalue weighted by atomic mass is 15.1. The lowest BCUT2D eigenvalue weighted by Gasteiger charge is -2.28. The Balaban J connectivity index is 3.70. The van der Waals surface area contributed by atoms with Crippen LogP contribution in [0.5, 0.6) is 0 Å². The maximum Gasteiger partial charge on any atom is 0.00893 e. The zero-order valence-corrected chi connectivity index (χ0v) is 8.72. The molecule has 1 heteroatoms. The molecule has 1 nitrogen and oxygen atoms in total. The third-order valence-corrected chi connectivity index (χ3v) is 2.76. The zero-order valence-electron chi connectivity index (χ0n) is 8.72. The Morgan fingerprint density at radius 3 is 2.09 bits per heavy atom. The van der Waals surface area contributed by atoms with Crippen LogP contribution in [0.15, 0.2) is 0 Å². The fraction of sp³-hybridized carbons (Fsp3) is 1.00. The lowest BCUT2D eigenvalue weighted by molar-refractivity contribution is 0.200. The van der Waals surface area contributed by atoms with Crippen molar-refractivity contribution < 1.29 is 0 Å². The highest BCUT2D eigenvalue weighted by molar-refractivity contribution is 4.68. The van der Waals surface area contributed by atoms with E-state index in [-0.39, 0.29) is 0 Å². The quantitative estimate of drug-likeness (QED) is 0.593. The van der Waals surface area contributed by atoms with Crippen molar-refractivity contribution >= 4 is 0 Å². The van der Waals surface area contributed by atoms with Crippen molar-refractivity contribution in [1.82, 2.24) is 4.90 Å². The first kappa shape index (κ1) is 11.0. The van der Waals surface area contributed by atoms with E-state index in [0.717, 1.165) is 18.5 Å². The van der Waals surface area contributed by atoms with E-state index >= 15 is 0 Å². The average molecular weight is 157 g/mol. The van der Waals surface area contributed by atoms with E-state index in [0.29, 0.717) is 0 Å². The molecule has 0 saturated carbocycles. The molecule has 68 valence electrons. The van der Waals surface area contributed by atoms with Gasteiger partial charge in [0.05, 0.1) is 0 Å². The zero-order chi connectivity index (χ0) is 8.85. The Labute approximate surface area is 71.8 Å². The molecule has 0 aromatic rings. The third-order valence-electron chi connectivity index (χ3n) is 2.76. The molecule has 0 aliphatic carbocycles. The molecule has 0 fully saturated rings. The molecule has 0 rings (SSSR count).